The third-order valence-corrected chi connectivity index (χ3v) is 2.72. The van der Waals surface area contributed by atoms with E-state index in [4.69, 9.17) is 0 Å². The number of allylic oxidation sites excluding steroid dienone is 1. The Kier molecular flexibility index (Phi) is 10.6. The van der Waals surface area contributed by atoms with Gasteiger partial charge in [-0.2, -0.15) is 0 Å². The van der Waals surface area contributed by atoms with Gasteiger partial charge in [-0.25, -0.2) is 4.79 Å². The molecule has 6 heteroatoms. The number of carbonyl (C=O) groups is 3. The van der Waals surface area contributed by atoms with Crippen LogP contribution >= 0.6 is 0 Å². The van der Waals surface area contributed by atoms with Gasteiger partial charge >= 0.3 is 11.9 Å². The SMILES string of the molecule is C/C=C/CC(NC(=O)c1ccccc1)C(=O)OC.COC(C)=O. The third kappa shape index (κ3) is 9.08. The number of methoxy groups -OCH3 is 2. The Morgan fingerprint density at radius 1 is 1.13 bits per heavy atom. The van der Waals surface area contributed by atoms with Crippen LogP contribution < -0.4 is 5.32 Å². The van der Waals surface area contributed by atoms with Crippen LogP contribution in [-0.4, -0.2) is 38.1 Å². The van der Waals surface area contributed by atoms with Crippen LogP contribution in [0.2, 0.25) is 0 Å². The fourth-order valence-corrected chi connectivity index (χ4v) is 1.46. The molecule has 126 valence electrons. The average Bonchev–Trinajstić information content (AvgIpc) is 2.58. The van der Waals surface area contributed by atoms with E-state index in [0.717, 1.165) is 0 Å². The molecule has 0 aliphatic heterocycles. The van der Waals surface area contributed by atoms with Crippen LogP contribution in [0.3, 0.4) is 0 Å². The number of benzene rings is 1. The number of esters is 2. The molecule has 0 spiro atoms. The van der Waals surface area contributed by atoms with Gasteiger partial charge in [0.2, 0.25) is 0 Å². The normalized spacial score (nSPS) is 11.0. The second-order valence-electron chi connectivity index (χ2n) is 4.42. The standard InChI is InChI=1S/C14H17NO3.C3H6O2/c1-3-4-10-12(14(17)18-2)15-13(16)11-8-6-5-7-9-11;1-3(4)5-2/h3-9,12H,10H2,1-2H3,(H,15,16);1-2H3/b4-3+;. The van der Waals surface area contributed by atoms with E-state index in [9.17, 15) is 14.4 Å². The van der Waals surface area contributed by atoms with Gasteiger partial charge in [0.15, 0.2) is 0 Å². The Morgan fingerprint density at radius 2 is 1.70 bits per heavy atom. The van der Waals surface area contributed by atoms with Gasteiger partial charge in [-0.05, 0) is 25.5 Å². The molecule has 0 fully saturated rings. The van der Waals surface area contributed by atoms with E-state index in [1.807, 2.05) is 25.1 Å². The minimum Gasteiger partial charge on any atom is -0.469 e. The highest BCUT2D eigenvalue weighted by atomic mass is 16.5. The molecule has 1 unspecified atom stereocenters. The molecule has 1 N–H and O–H groups in total. The molecule has 6 nitrogen and oxygen atoms in total. The van der Waals surface area contributed by atoms with Crippen molar-refractivity contribution in [1.82, 2.24) is 5.32 Å². The molecule has 0 saturated carbocycles. The molecular weight excluding hydrogens is 298 g/mol. The number of nitrogens with one attached hydrogen (secondary N) is 1. The first-order valence-corrected chi connectivity index (χ1v) is 7.05. The van der Waals surface area contributed by atoms with Gasteiger partial charge in [0.1, 0.15) is 6.04 Å². The molecule has 0 aliphatic rings. The van der Waals surface area contributed by atoms with Crippen LogP contribution in [0.25, 0.3) is 0 Å². The molecule has 0 bridgehead atoms. The van der Waals surface area contributed by atoms with E-state index in [1.54, 1.807) is 24.3 Å². The summed E-state index contributed by atoms with van der Waals surface area (Å²) < 4.78 is 8.77. The van der Waals surface area contributed by atoms with Gasteiger partial charge in [0, 0.05) is 12.5 Å². The summed E-state index contributed by atoms with van der Waals surface area (Å²) in [5.74, 6) is -0.974. The van der Waals surface area contributed by atoms with Crippen molar-refractivity contribution in [3.63, 3.8) is 0 Å². The fraction of sp³-hybridized carbons (Fsp3) is 0.353. The lowest BCUT2D eigenvalue weighted by atomic mass is 10.1. The quantitative estimate of drug-likeness (QED) is 0.663. The zero-order valence-corrected chi connectivity index (χ0v) is 13.9. The predicted octanol–water partition coefficient (Wildman–Crippen LogP) is 2.10. The zero-order valence-electron chi connectivity index (χ0n) is 13.9. The molecule has 1 rings (SSSR count). The topological polar surface area (TPSA) is 81.7 Å². The van der Waals surface area contributed by atoms with Crippen molar-refractivity contribution < 1.29 is 23.9 Å². The van der Waals surface area contributed by atoms with Crippen molar-refractivity contribution in [3.8, 4) is 0 Å². The largest absolute Gasteiger partial charge is 0.469 e. The molecule has 23 heavy (non-hydrogen) atoms. The summed E-state index contributed by atoms with van der Waals surface area (Å²) in [6, 6.07) is 8.11. The second-order valence-corrected chi connectivity index (χ2v) is 4.42. The Hall–Kier alpha value is -2.63. The Morgan fingerprint density at radius 3 is 2.13 bits per heavy atom. The lowest BCUT2D eigenvalue weighted by Crippen LogP contribution is -2.41. The number of hydrogen-bond acceptors (Lipinski definition) is 5. The van der Waals surface area contributed by atoms with E-state index in [0.29, 0.717) is 12.0 Å². The number of carbonyl (C=O) groups excluding carboxylic acids is 3. The molecule has 0 radical (unpaired) electrons. The summed E-state index contributed by atoms with van der Waals surface area (Å²) in [6.45, 7) is 3.22. The monoisotopic (exact) mass is 321 g/mol. The van der Waals surface area contributed by atoms with Crippen molar-refractivity contribution in [3.05, 3.63) is 48.0 Å². The van der Waals surface area contributed by atoms with E-state index >= 15 is 0 Å². The Bertz CT molecular complexity index is 525. The predicted molar refractivity (Wildman–Crippen MR) is 86.8 cm³/mol. The summed E-state index contributed by atoms with van der Waals surface area (Å²) in [4.78, 5) is 33.0. The van der Waals surface area contributed by atoms with Gasteiger partial charge in [0.25, 0.3) is 5.91 Å². The van der Waals surface area contributed by atoms with Crippen molar-refractivity contribution in [1.29, 1.82) is 0 Å². The maximum absolute atomic E-state index is 11.9. The molecule has 0 aliphatic carbocycles. The highest BCUT2D eigenvalue weighted by Gasteiger charge is 2.20. The Labute approximate surface area is 136 Å². The molecule has 0 aromatic heterocycles. The van der Waals surface area contributed by atoms with Crippen molar-refractivity contribution in [2.24, 2.45) is 0 Å². The maximum atomic E-state index is 11.9. The van der Waals surface area contributed by atoms with Crippen LogP contribution in [0.15, 0.2) is 42.5 Å². The molecular formula is C17H23NO5. The minimum absolute atomic E-state index is 0.245. The Balaban J connectivity index is 0.000000841. The van der Waals surface area contributed by atoms with E-state index in [1.165, 1.54) is 21.1 Å². The molecule has 1 amide bonds. The third-order valence-electron chi connectivity index (χ3n) is 2.72. The van der Waals surface area contributed by atoms with Crippen molar-refractivity contribution >= 4 is 17.8 Å². The van der Waals surface area contributed by atoms with E-state index in [2.05, 4.69) is 14.8 Å². The maximum Gasteiger partial charge on any atom is 0.328 e. The van der Waals surface area contributed by atoms with Gasteiger partial charge < -0.3 is 14.8 Å². The van der Waals surface area contributed by atoms with Gasteiger partial charge in [0.05, 0.1) is 14.2 Å². The van der Waals surface area contributed by atoms with Crippen molar-refractivity contribution in [2.75, 3.05) is 14.2 Å². The number of ether oxygens (including phenoxy) is 2. The van der Waals surface area contributed by atoms with Gasteiger partial charge in [-0.15, -0.1) is 0 Å². The summed E-state index contributed by atoms with van der Waals surface area (Å²) in [7, 11) is 2.65. The van der Waals surface area contributed by atoms with Crippen LogP contribution in [0.5, 0.6) is 0 Å². The van der Waals surface area contributed by atoms with Crippen LogP contribution in [-0.2, 0) is 19.1 Å². The lowest BCUT2D eigenvalue weighted by molar-refractivity contribution is -0.142. The van der Waals surface area contributed by atoms with Crippen LogP contribution in [0.1, 0.15) is 30.6 Å². The van der Waals surface area contributed by atoms with Crippen molar-refractivity contribution in [2.45, 2.75) is 26.3 Å². The second kappa shape index (κ2) is 12.0. The first-order chi connectivity index (χ1) is 11.0. The molecule has 1 atom stereocenters. The summed E-state index contributed by atoms with van der Waals surface area (Å²) in [5.41, 5.74) is 0.520. The highest BCUT2D eigenvalue weighted by molar-refractivity contribution is 5.96. The number of hydrogen-bond donors (Lipinski definition) is 1. The van der Waals surface area contributed by atoms with E-state index < -0.39 is 12.0 Å². The van der Waals surface area contributed by atoms with Crippen LogP contribution in [0.4, 0.5) is 0 Å². The molecule has 1 aromatic carbocycles. The van der Waals surface area contributed by atoms with Gasteiger partial charge in [-0.1, -0.05) is 30.4 Å². The average molecular weight is 321 g/mol. The molecule has 1 aromatic rings. The summed E-state index contributed by atoms with van der Waals surface area (Å²) >= 11 is 0. The van der Waals surface area contributed by atoms with E-state index in [-0.39, 0.29) is 11.9 Å². The zero-order chi connectivity index (χ0) is 17.7. The molecule has 0 heterocycles. The summed E-state index contributed by atoms with van der Waals surface area (Å²) in [5, 5.41) is 2.65. The number of rotatable bonds is 5. The van der Waals surface area contributed by atoms with Gasteiger partial charge in [-0.3, -0.25) is 9.59 Å². The fourth-order valence-electron chi connectivity index (χ4n) is 1.46. The highest BCUT2D eigenvalue weighted by Crippen LogP contribution is 2.02. The first kappa shape index (κ1) is 20.4. The number of amides is 1. The molecule has 0 saturated heterocycles. The lowest BCUT2D eigenvalue weighted by Gasteiger charge is -2.14. The smallest absolute Gasteiger partial charge is 0.328 e. The first-order valence-electron chi connectivity index (χ1n) is 7.05. The van der Waals surface area contributed by atoms with Crippen LogP contribution in [0, 0.1) is 0 Å². The summed E-state index contributed by atoms with van der Waals surface area (Å²) in [6.07, 6.45) is 4.05. The minimum atomic E-state index is -0.654.